The fourth-order valence-electron chi connectivity index (χ4n) is 4.51. The van der Waals surface area contributed by atoms with Gasteiger partial charge in [-0.25, -0.2) is 5.01 Å². The van der Waals surface area contributed by atoms with Gasteiger partial charge in [0.2, 0.25) is 0 Å². The molecule has 0 bridgehead atoms. The molecule has 4 rings (SSSR count). The van der Waals surface area contributed by atoms with E-state index in [0.29, 0.717) is 6.54 Å². The first-order valence-electron chi connectivity index (χ1n) is 10.9. The molecule has 1 unspecified atom stereocenters. The molecule has 30 heavy (non-hydrogen) atoms. The van der Waals surface area contributed by atoms with Crippen LogP contribution >= 0.6 is 0 Å². The van der Waals surface area contributed by atoms with Crippen LogP contribution in [-0.2, 0) is 4.79 Å². The van der Waals surface area contributed by atoms with E-state index < -0.39 is 0 Å². The Balaban J connectivity index is 1.62. The van der Waals surface area contributed by atoms with E-state index in [2.05, 4.69) is 80.1 Å². The Labute approximate surface area is 180 Å². The lowest BCUT2D eigenvalue weighted by atomic mass is 9.93. The van der Waals surface area contributed by atoms with E-state index in [-0.39, 0.29) is 11.9 Å². The highest BCUT2D eigenvalue weighted by Crippen LogP contribution is 2.35. The van der Waals surface area contributed by atoms with Crippen LogP contribution in [0.1, 0.15) is 40.3 Å². The Morgan fingerprint density at radius 1 is 1.00 bits per heavy atom. The van der Waals surface area contributed by atoms with E-state index in [0.717, 1.165) is 43.9 Å². The number of hydrogen-bond donors (Lipinski definition) is 0. The van der Waals surface area contributed by atoms with E-state index in [1.807, 2.05) is 0 Å². The minimum absolute atomic E-state index is 0.0399. The minimum atomic E-state index is -0.0399. The maximum Gasteiger partial charge on any atom is 0.257 e. The highest BCUT2D eigenvalue weighted by Gasteiger charge is 2.35. The normalized spacial score (nSPS) is 20.5. The van der Waals surface area contributed by atoms with Gasteiger partial charge in [0.25, 0.3) is 5.91 Å². The van der Waals surface area contributed by atoms with Crippen molar-refractivity contribution in [3.63, 3.8) is 0 Å². The molecule has 1 atom stereocenters. The van der Waals surface area contributed by atoms with Gasteiger partial charge in [-0.15, -0.1) is 0 Å². The summed E-state index contributed by atoms with van der Waals surface area (Å²) in [5.41, 5.74) is 7.00. The van der Waals surface area contributed by atoms with Crippen LogP contribution in [0.3, 0.4) is 0 Å². The number of hydrazone groups is 1. The Morgan fingerprint density at radius 2 is 1.73 bits per heavy atom. The molecule has 2 aromatic carbocycles. The van der Waals surface area contributed by atoms with Crippen molar-refractivity contribution in [2.24, 2.45) is 5.10 Å². The average molecular weight is 405 g/mol. The smallest absolute Gasteiger partial charge is 0.257 e. The Bertz CT molecular complexity index is 959. The third kappa shape index (κ3) is 4.32. The van der Waals surface area contributed by atoms with Crippen molar-refractivity contribution in [2.75, 3.05) is 39.8 Å². The number of aryl methyl sites for hydroxylation is 3. The molecular weight excluding hydrogens is 372 g/mol. The number of piperazine rings is 1. The fourth-order valence-corrected chi connectivity index (χ4v) is 4.51. The van der Waals surface area contributed by atoms with Gasteiger partial charge in [-0.1, -0.05) is 48.0 Å². The van der Waals surface area contributed by atoms with Crippen molar-refractivity contribution < 1.29 is 4.79 Å². The Kier molecular flexibility index (Phi) is 6.02. The zero-order chi connectivity index (χ0) is 21.3. The van der Waals surface area contributed by atoms with Crippen LogP contribution in [0, 0.1) is 20.8 Å². The Hall–Kier alpha value is -2.50. The molecule has 1 saturated heterocycles. The molecule has 2 heterocycles. The molecular formula is C25H32N4O. The highest BCUT2D eigenvalue weighted by atomic mass is 16.2. The summed E-state index contributed by atoms with van der Waals surface area (Å²) in [7, 11) is 2.13. The number of likely N-dealkylation sites (N-methyl/N-ethyl adjacent to an activating group) is 1. The van der Waals surface area contributed by atoms with Crippen molar-refractivity contribution >= 4 is 11.6 Å². The maximum atomic E-state index is 13.4. The molecule has 5 nitrogen and oxygen atoms in total. The van der Waals surface area contributed by atoms with Gasteiger partial charge >= 0.3 is 0 Å². The summed E-state index contributed by atoms with van der Waals surface area (Å²) in [6, 6.07) is 14.8. The van der Waals surface area contributed by atoms with Gasteiger partial charge in [0.1, 0.15) is 0 Å². The molecule has 0 radical (unpaired) electrons. The number of hydrogen-bond acceptors (Lipinski definition) is 4. The molecule has 2 aliphatic heterocycles. The van der Waals surface area contributed by atoms with Crippen LogP contribution in [-0.4, -0.2) is 66.2 Å². The third-order valence-corrected chi connectivity index (χ3v) is 6.36. The number of benzene rings is 2. The predicted octanol–water partition coefficient (Wildman–Crippen LogP) is 3.54. The van der Waals surface area contributed by atoms with Gasteiger partial charge in [0, 0.05) is 38.2 Å². The molecule has 2 aliphatic rings. The number of nitrogens with zero attached hydrogens (tertiary/aromatic N) is 4. The lowest BCUT2D eigenvalue weighted by Gasteiger charge is -2.33. The highest BCUT2D eigenvalue weighted by molar-refractivity contribution is 6.04. The van der Waals surface area contributed by atoms with E-state index in [9.17, 15) is 4.79 Å². The summed E-state index contributed by atoms with van der Waals surface area (Å²) in [5.74, 6) is 0.0903. The minimum Gasteiger partial charge on any atom is -0.304 e. The molecule has 0 spiro atoms. The van der Waals surface area contributed by atoms with Gasteiger partial charge in [-0.3, -0.25) is 9.69 Å². The van der Waals surface area contributed by atoms with Crippen LogP contribution in [0.4, 0.5) is 0 Å². The summed E-state index contributed by atoms with van der Waals surface area (Å²) in [6.45, 7) is 10.7. The van der Waals surface area contributed by atoms with E-state index in [4.69, 9.17) is 5.10 Å². The fraction of sp³-hybridized carbons (Fsp3) is 0.440. The lowest BCUT2D eigenvalue weighted by molar-refractivity contribution is -0.134. The zero-order valence-corrected chi connectivity index (χ0v) is 18.6. The van der Waals surface area contributed by atoms with E-state index in [1.165, 1.54) is 22.3 Å². The maximum absolute atomic E-state index is 13.4. The SMILES string of the molecule is Cc1ccc(C2=NN(C(=O)CN3CCN(C)CC3)C(c3ccccc3C)C2)c(C)c1. The lowest BCUT2D eigenvalue weighted by Crippen LogP contribution is -2.48. The summed E-state index contributed by atoms with van der Waals surface area (Å²) in [4.78, 5) is 17.9. The molecule has 0 N–H and O–H groups in total. The third-order valence-electron chi connectivity index (χ3n) is 6.36. The molecule has 0 saturated carbocycles. The van der Waals surface area contributed by atoms with Crippen molar-refractivity contribution in [3.8, 4) is 0 Å². The topological polar surface area (TPSA) is 39.2 Å². The van der Waals surface area contributed by atoms with Crippen molar-refractivity contribution in [2.45, 2.75) is 33.2 Å². The van der Waals surface area contributed by atoms with Crippen LogP contribution in [0.2, 0.25) is 0 Å². The van der Waals surface area contributed by atoms with Crippen LogP contribution < -0.4 is 0 Å². The van der Waals surface area contributed by atoms with Gasteiger partial charge in [-0.2, -0.15) is 5.10 Å². The number of carbonyl (C=O) groups is 1. The molecule has 5 heteroatoms. The second kappa shape index (κ2) is 8.70. The van der Waals surface area contributed by atoms with E-state index >= 15 is 0 Å². The van der Waals surface area contributed by atoms with Crippen molar-refractivity contribution in [1.29, 1.82) is 0 Å². The van der Waals surface area contributed by atoms with Gasteiger partial charge < -0.3 is 4.90 Å². The summed E-state index contributed by atoms with van der Waals surface area (Å²) >= 11 is 0. The monoisotopic (exact) mass is 404 g/mol. The van der Waals surface area contributed by atoms with E-state index in [1.54, 1.807) is 5.01 Å². The summed E-state index contributed by atoms with van der Waals surface area (Å²) in [5, 5.41) is 6.65. The molecule has 0 aliphatic carbocycles. The van der Waals surface area contributed by atoms with Gasteiger partial charge in [-0.05, 0) is 44.5 Å². The number of carbonyl (C=O) groups excluding carboxylic acids is 1. The van der Waals surface area contributed by atoms with Crippen LogP contribution in [0.25, 0.3) is 0 Å². The molecule has 158 valence electrons. The van der Waals surface area contributed by atoms with Gasteiger partial charge in [0.05, 0.1) is 18.3 Å². The second-order valence-corrected chi connectivity index (χ2v) is 8.76. The quantitative estimate of drug-likeness (QED) is 0.783. The van der Waals surface area contributed by atoms with Crippen LogP contribution in [0.5, 0.6) is 0 Å². The van der Waals surface area contributed by atoms with Crippen molar-refractivity contribution in [3.05, 3.63) is 70.3 Å². The first kappa shape index (κ1) is 20.8. The molecule has 0 aromatic heterocycles. The molecule has 2 aromatic rings. The largest absolute Gasteiger partial charge is 0.304 e. The van der Waals surface area contributed by atoms with Gasteiger partial charge in [0.15, 0.2) is 0 Å². The summed E-state index contributed by atoms with van der Waals surface area (Å²) < 4.78 is 0. The molecule has 1 amide bonds. The second-order valence-electron chi connectivity index (χ2n) is 8.76. The predicted molar refractivity (Wildman–Crippen MR) is 122 cm³/mol. The number of rotatable bonds is 4. The molecule has 1 fully saturated rings. The average Bonchev–Trinajstić information content (AvgIpc) is 3.15. The number of amides is 1. The summed E-state index contributed by atoms with van der Waals surface area (Å²) in [6.07, 6.45) is 0.753. The van der Waals surface area contributed by atoms with Crippen molar-refractivity contribution in [1.82, 2.24) is 14.8 Å². The Morgan fingerprint density at radius 3 is 2.43 bits per heavy atom. The first-order valence-corrected chi connectivity index (χ1v) is 10.9. The standard InChI is InChI=1S/C25H32N4O/c1-18-9-10-21(20(3)15-18)23-16-24(22-8-6-5-7-19(22)2)29(26-23)25(30)17-28-13-11-27(4)12-14-28/h5-10,15,24H,11-14,16-17H2,1-4H3. The first-order chi connectivity index (χ1) is 14.4. The zero-order valence-electron chi connectivity index (χ0n) is 18.6. The van der Waals surface area contributed by atoms with Crippen LogP contribution in [0.15, 0.2) is 47.6 Å².